The highest BCUT2D eigenvalue weighted by Crippen LogP contribution is 2.16. The molecule has 0 spiro atoms. The summed E-state index contributed by atoms with van der Waals surface area (Å²) in [5.74, 6) is -2.99. The van der Waals surface area contributed by atoms with Gasteiger partial charge in [0.1, 0.15) is 18.4 Å². The quantitative estimate of drug-likeness (QED) is 0.429. The molecule has 32 heavy (non-hydrogen) atoms. The number of aliphatic carboxylic acids is 1. The van der Waals surface area contributed by atoms with E-state index in [4.69, 9.17) is 5.11 Å². The largest absolute Gasteiger partial charge is 0.481 e. The summed E-state index contributed by atoms with van der Waals surface area (Å²) in [6, 6.07) is -1.71. The highest BCUT2D eigenvalue weighted by Gasteiger charge is 2.38. The molecule has 0 radical (unpaired) electrons. The average molecular weight is 465 g/mol. The van der Waals surface area contributed by atoms with Gasteiger partial charge in [0, 0.05) is 32.0 Å². The van der Waals surface area contributed by atoms with Crippen LogP contribution in [0.25, 0.3) is 0 Å². The van der Waals surface area contributed by atoms with Gasteiger partial charge in [-0.25, -0.2) is 9.97 Å². The Labute approximate surface area is 188 Å². The number of amides is 4. The Hall–Kier alpha value is -3.22. The highest BCUT2D eigenvalue weighted by molar-refractivity contribution is 8.00. The fourth-order valence-electron chi connectivity index (χ4n) is 3.57. The van der Waals surface area contributed by atoms with E-state index in [1.807, 2.05) is 0 Å². The number of hydrogen-bond acceptors (Lipinski definition) is 8. The van der Waals surface area contributed by atoms with Gasteiger partial charge in [-0.3, -0.25) is 24.0 Å². The predicted octanol–water partition coefficient (Wildman–Crippen LogP) is -1.66. The summed E-state index contributed by atoms with van der Waals surface area (Å²) in [4.78, 5) is 71.8. The van der Waals surface area contributed by atoms with Crippen molar-refractivity contribution in [3.8, 4) is 0 Å². The molecule has 2 saturated heterocycles. The molecule has 0 bridgehead atoms. The molecule has 4 amide bonds. The third kappa shape index (κ3) is 5.93. The number of thioether (sulfide) groups is 1. The summed E-state index contributed by atoms with van der Waals surface area (Å²) >= 11 is 0.933. The zero-order valence-electron chi connectivity index (χ0n) is 17.2. The maximum Gasteiger partial charge on any atom is 0.313 e. The minimum Gasteiger partial charge on any atom is -0.481 e. The molecule has 2 aliphatic rings. The fourth-order valence-corrected chi connectivity index (χ4v) is 4.19. The molecule has 2 aliphatic heterocycles. The van der Waals surface area contributed by atoms with Crippen LogP contribution in [0.15, 0.2) is 18.7 Å². The highest BCUT2D eigenvalue weighted by atomic mass is 32.2. The van der Waals surface area contributed by atoms with E-state index in [0.717, 1.165) is 11.8 Å². The average Bonchev–Trinajstić information content (AvgIpc) is 2.80. The third-order valence-electron chi connectivity index (χ3n) is 5.15. The summed E-state index contributed by atoms with van der Waals surface area (Å²) in [6.45, 7) is 0.766. The summed E-state index contributed by atoms with van der Waals surface area (Å²) < 4.78 is 0. The van der Waals surface area contributed by atoms with Crippen LogP contribution in [0, 0.1) is 0 Å². The lowest BCUT2D eigenvalue weighted by Gasteiger charge is -2.41. The smallest absolute Gasteiger partial charge is 0.313 e. The Morgan fingerprint density at radius 3 is 2.62 bits per heavy atom. The second kappa shape index (κ2) is 10.9. The van der Waals surface area contributed by atoms with E-state index in [2.05, 4.69) is 20.6 Å². The van der Waals surface area contributed by atoms with Gasteiger partial charge in [-0.15, -0.1) is 11.8 Å². The molecule has 0 unspecified atom stereocenters. The molecule has 0 aliphatic carbocycles. The van der Waals surface area contributed by atoms with Gasteiger partial charge in [0.05, 0.1) is 23.6 Å². The number of rotatable bonds is 7. The number of piperidine rings is 1. The van der Waals surface area contributed by atoms with Gasteiger partial charge < -0.3 is 25.5 Å². The molecule has 172 valence electrons. The number of nitrogens with one attached hydrogen (secondary N) is 2. The first-order valence-corrected chi connectivity index (χ1v) is 11.2. The Kier molecular flexibility index (Phi) is 7.98. The van der Waals surface area contributed by atoms with Gasteiger partial charge in [-0.1, -0.05) is 0 Å². The lowest BCUT2D eigenvalue weighted by molar-refractivity contribution is -0.142. The molecule has 1 aromatic rings. The molecular formula is C19H24N6O6S. The first-order valence-electron chi connectivity index (χ1n) is 10.1. The third-order valence-corrected chi connectivity index (χ3v) is 6.05. The predicted molar refractivity (Wildman–Crippen MR) is 113 cm³/mol. The van der Waals surface area contributed by atoms with E-state index in [0.29, 0.717) is 19.4 Å². The van der Waals surface area contributed by atoms with E-state index in [9.17, 15) is 24.0 Å². The standard InChI is InChI=1S/C19H24N6O6S/c26-15(9-32-10-16(27)28)25-5-4-24(19(31)12-6-20-11-21-7-12)8-14(25)18(30)23-13-2-1-3-22-17(13)29/h6-7,11,13-14H,1-5,8-10H2,(H,22,29)(H,23,30)(H,27,28)/t13-,14+/m1/s1. The van der Waals surface area contributed by atoms with Crippen molar-refractivity contribution in [3.63, 3.8) is 0 Å². The van der Waals surface area contributed by atoms with Crippen LogP contribution in [0.4, 0.5) is 0 Å². The van der Waals surface area contributed by atoms with Gasteiger partial charge >= 0.3 is 5.97 Å². The molecule has 3 heterocycles. The molecule has 12 nitrogen and oxygen atoms in total. The lowest BCUT2D eigenvalue weighted by Crippen LogP contribution is -2.64. The maximum atomic E-state index is 13.1. The second-order valence-corrected chi connectivity index (χ2v) is 8.35. The van der Waals surface area contributed by atoms with Gasteiger partial charge in [0.15, 0.2) is 0 Å². The fraction of sp³-hybridized carbons (Fsp3) is 0.526. The number of hydrogen-bond donors (Lipinski definition) is 3. The zero-order valence-corrected chi connectivity index (χ0v) is 18.0. The lowest BCUT2D eigenvalue weighted by atomic mass is 10.0. The normalized spacial score (nSPS) is 20.9. The number of piperazine rings is 1. The topological polar surface area (TPSA) is 162 Å². The van der Waals surface area contributed by atoms with Gasteiger partial charge in [-0.2, -0.15) is 0 Å². The van der Waals surface area contributed by atoms with Crippen molar-refractivity contribution in [1.29, 1.82) is 0 Å². The van der Waals surface area contributed by atoms with Crippen molar-refractivity contribution in [2.45, 2.75) is 24.9 Å². The van der Waals surface area contributed by atoms with Crippen molar-refractivity contribution < 1.29 is 29.1 Å². The van der Waals surface area contributed by atoms with Gasteiger partial charge in [0.2, 0.25) is 17.7 Å². The summed E-state index contributed by atoms with van der Waals surface area (Å²) in [7, 11) is 0. The Bertz CT molecular complexity index is 884. The first-order chi connectivity index (χ1) is 15.4. The zero-order chi connectivity index (χ0) is 23.1. The van der Waals surface area contributed by atoms with E-state index in [1.165, 1.54) is 28.5 Å². The van der Waals surface area contributed by atoms with Gasteiger partial charge in [0.25, 0.3) is 5.91 Å². The van der Waals surface area contributed by atoms with Crippen molar-refractivity contribution in [3.05, 3.63) is 24.3 Å². The molecule has 13 heteroatoms. The molecule has 1 aromatic heterocycles. The second-order valence-electron chi connectivity index (χ2n) is 7.36. The number of carbonyl (C=O) groups is 5. The van der Waals surface area contributed by atoms with Crippen LogP contribution in [-0.2, 0) is 19.2 Å². The van der Waals surface area contributed by atoms with E-state index >= 15 is 0 Å². The molecule has 0 aromatic carbocycles. The summed E-state index contributed by atoms with van der Waals surface area (Å²) in [5.41, 5.74) is 0.259. The number of nitrogens with zero attached hydrogens (tertiary/aromatic N) is 4. The Morgan fingerprint density at radius 2 is 1.94 bits per heavy atom. The Balaban J connectivity index is 1.73. The molecule has 2 atom stereocenters. The van der Waals surface area contributed by atoms with Crippen LogP contribution < -0.4 is 10.6 Å². The number of carboxylic acid groups (broad SMARTS) is 1. The summed E-state index contributed by atoms with van der Waals surface area (Å²) in [5, 5.41) is 14.2. The van der Waals surface area contributed by atoms with E-state index < -0.39 is 29.9 Å². The number of carbonyl (C=O) groups excluding carboxylic acids is 4. The van der Waals surface area contributed by atoms with Crippen LogP contribution in [0.3, 0.4) is 0 Å². The minimum absolute atomic E-state index is 0.0662. The van der Waals surface area contributed by atoms with Crippen LogP contribution in [0.5, 0.6) is 0 Å². The van der Waals surface area contributed by atoms with Crippen LogP contribution in [-0.4, -0.2) is 104 Å². The summed E-state index contributed by atoms with van der Waals surface area (Å²) in [6.07, 6.45) is 5.24. The maximum absolute atomic E-state index is 13.1. The van der Waals surface area contributed by atoms with Crippen molar-refractivity contribution in [1.82, 2.24) is 30.4 Å². The van der Waals surface area contributed by atoms with E-state index in [1.54, 1.807) is 0 Å². The van der Waals surface area contributed by atoms with Crippen molar-refractivity contribution in [2.24, 2.45) is 0 Å². The first kappa shape index (κ1) is 23.4. The van der Waals surface area contributed by atoms with Crippen LogP contribution in [0.1, 0.15) is 23.2 Å². The van der Waals surface area contributed by atoms with Gasteiger partial charge in [-0.05, 0) is 12.8 Å². The SMILES string of the molecule is O=C(O)CSCC(=O)N1CCN(C(=O)c2cncnc2)C[C@H]1C(=O)N[C@@H]1CCCNC1=O. The Morgan fingerprint density at radius 1 is 1.19 bits per heavy atom. The van der Waals surface area contributed by atoms with Crippen LogP contribution in [0.2, 0.25) is 0 Å². The van der Waals surface area contributed by atoms with Crippen molar-refractivity contribution in [2.75, 3.05) is 37.7 Å². The van der Waals surface area contributed by atoms with Crippen molar-refractivity contribution >= 4 is 41.4 Å². The molecule has 2 fully saturated rings. The van der Waals surface area contributed by atoms with E-state index in [-0.39, 0.29) is 48.5 Å². The number of aromatic nitrogens is 2. The molecule has 0 saturated carbocycles. The molecule has 3 N–H and O–H groups in total. The van der Waals surface area contributed by atoms with Crippen LogP contribution >= 0.6 is 11.8 Å². The minimum atomic E-state index is -1.04. The molecule has 3 rings (SSSR count). The molecular weight excluding hydrogens is 440 g/mol. The monoisotopic (exact) mass is 464 g/mol. The number of carboxylic acids is 1.